The van der Waals surface area contributed by atoms with Crippen molar-refractivity contribution in [3.8, 4) is 11.3 Å². The first-order valence-electron chi connectivity index (χ1n) is 8.97. The molecular weight excluding hydrogens is 312 g/mol. The number of H-pyrrole nitrogens is 1. The maximum absolute atomic E-state index is 11.2. The molecule has 0 radical (unpaired) electrons. The zero-order valence-corrected chi connectivity index (χ0v) is 15.0. The standard InChI is InChI=1S/C20H26N4O/c1-21-20(25)8-6-4-3-5-7-19-22-14-17(23-19)15-9-10-18-16(13-15)11-12-24(18)2/h9-14H,3-8H2,1-2H3,(H,21,25)(H,22,23). The Kier molecular flexibility index (Phi) is 5.53. The van der Waals surface area contributed by atoms with Gasteiger partial charge in [-0.2, -0.15) is 0 Å². The topological polar surface area (TPSA) is 62.7 Å². The molecule has 0 bridgehead atoms. The average molecular weight is 338 g/mol. The van der Waals surface area contributed by atoms with Crippen LogP contribution >= 0.6 is 0 Å². The maximum atomic E-state index is 11.2. The highest BCUT2D eigenvalue weighted by molar-refractivity contribution is 5.84. The number of carbonyl (C=O) groups excluding carboxylic acids is 1. The summed E-state index contributed by atoms with van der Waals surface area (Å²) in [6.07, 6.45) is 9.85. The molecule has 0 saturated carbocycles. The van der Waals surface area contributed by atoms with Crippen LogP contribution in [0.25, 0.3) is 22.2 Å². The van der Waals surface area contributed by atoms with Gasteiger partial charge < -0.3 is 14.9 Å². The first-order valence-corrected chi connectivity index (χ1v) is 8.97. The number of nitrogens with one attached hydrogen (secondary N) is 2. The number of imidazole rings is 1. The highest BCUT2D eigenvalue weighted by atomic mass is 16.1. The van der Waals surface area contributed by atoms with E-state index in [0.29, 0.717) is 6.42 Å². The van der Waals surface area contributed by atoms with Crippen molar-refractivity contribution in [2.75, 3.05) is 7.05 Å². The van der Waals surface area contributed by atoms with Crippen LogP contribution in [0.2, 0.25) is 0 Å². The van der Waals surface area contributed by atoms with Gasteiger partial charge in [-0.1, -0.05) is 18.9 Å². The van der Waals surface area contributed by atoms with Crippen LogP contribution in [-0.2, 0) is 18.3 Å². The summed E-state index contributed by atoms with van der Waals surface area (Å²) in [7, 11) is 3.75. The van der Waals surface area contributed by atoms with E-state index in [1.165, 1.54) is 16.5 Å². The molecule has 132 valence electrons. The minimum Gasteiger partial charge on any atom is -0.359 e. The van der Waals surface area contributed by atoms with Crippen molar-refractivity contribution in [3.63, 3.8) is 0 Å². The highest BCUT2D eigenvalue weighted by Crippen LogP contribution is 2.24. The Labute approximate surface area is 148 Å². The molecule has 3 rings (SSSR count). The molecule has 0 atom stereocenters. The minimum atomic E-state index is 0.131. The van der Waals surface area contributed by atoms with Crippen molar-refractivity contribution >= 4 is 16.8 Å². The van der Waals surface area contributed by atoms with Gasteiger partial charge in [0.25, 0.3) is 0 Å². The normalized spacial score (nSPS) is 11.1. The zero-order chi connectivity index (χ0) is 17.6. The van der Waals surface area contributed by atoms with Crippen molar-refractivity contribution in [2.45, 2.75) is 38.5 Å². The lowest BCUT2D eigenvalue weighted by atomic mass is 10.1. The predicted octanol–water partition coefficient (Wildman–Crippen LogP) is 3.81. The van der Waals surface area contributed by atoms with E-state index in [2.05, 4.69) is 57.4 Å². The number of aryl methyl sites for hydroxylation is 2. The van der Waals surface area contributed by atoms with Gasteiger partial charge in [0.1, 0.15) is 5.82 Å². The Morgan fingerprint density at radius 3 is 2.88 bits per heavy atom. The first-order chi connectivity index (χ1) is 12.2. The van der Waals surface area contributed by atoms with Crippen LogP contribution in [0.4, 0.5) is 0 Å². The number of fused-ring (bicyclic) bond motifs is 1. The van der Waals surface area contributed by atoms with Crippen LogP contribution in [0.1, 0.15) is 37.9 Å². The Hall–Kier alpha value is -2.56. The van der Waals surface area contributed by atoms with E-state index in [1.54, 1.807) is 7.05 Å². The van der Waals surface area contributed by atoms with Crippen LogP contribution in [0.15, 0.2) is 36.7 Å². The summed E-state index contributed by atoms with van der Waals surface area (Å²) in [6, 6.07) is 8.62. The van der Waals surface area contributed by atoms with E-state index in [4.69, 9.17) is 0 Å². The number of rotatable bonds is 8. The summed E-state index contributed by atoms with van der Waals surface area (Å²) in [5.74, 6) is 1.17. The number of aromatic nitrogens is 3. The molecule has 5 heteroatoms. The third-order valence-electron chi connectivity index (χ3n) is 4.67. The number of unbranched alkanes of at least 4 members (excludes halogenated alkanes) is 3. The lowest BCUT2D eigenvalue weighted by Gasteiger charge is -2.01. The fourth-order valence-corrected chi connectivity index (χ4v) is 3.14. The quantitative estimate of drug-likeness (QED) is 0.614. The van der Waals surface area contributed by atoms with Gasteiger partial charge in [0.2, 0.25) is 5.91 Å². The molecule has 0 spiro atoms. The van der Waals surface area contributed by atoms with Gasteiger partial charge in [0.05, 0.1) is 11.9 Å². The molecule has 0 aliphatic carbocycles. The monoisotopic (exact) mass is 338 g/mol. The molecule has 5 nitrogen and oxygen atoms in total. The van der Waals surface area contributed by atoms with Gasteiger partial charge in [0.15, 0.2) is 0 Å². The van der Waals surface area contributed by atoms with Crippen LogP contribution in [0.5, 0.6) is 0 Å². The van der Waals surface area contributed by atoms with E-state index in [-0.39, 0.29) is 5.91 Å². The second kappa shape index (κ2) is 8.01. The van der Waals surface area contributed by atoms with Crippen molar-refractivity contribution < 1.29 is 4.79 Å². The summed E-state index contributed by atoms with van der Waals surface area (Å²) in [5, 5.41) is 3.90. The number of hydrogen-bond donors (Lipinski definition) is 2. The largest absolute Gasteiger partial charge is 0.359 e. The van der Waals surface area contributed by atoms with Crippen molar-refractivity contribution in [1.29, 1.82) is 0 Å². The van der Waals surface area contributed by atoms with Gasteiger partial charge >= 0.3 is 0 Å². The lowest BCUT2D eigenvalue weighted by Crippen LogP contribution is -2.16. The predicted molar refractivity (Wildman–Crippen MR) is 101 cm³/mol. The summed E-state index contributed by atoms with van der Waals surface area (Å²) in [4.78, 5) is 19.1. The van der Waals surface area contributed by atoms with Crippen LogP contribution in [0.3, 0.4) is 0 Å². The number of benzene rings is 1. The second-order valence-corrected chi connectivity index (χ2v) is 6.53. The number of nitrogens with zero attached hydrogens (tertiary/aromatic N) is 2. The molecule has 0 saturated heterocycles. The molecule has 2 aromatic heterocycles. The molecule has 1 amide bonds. The van der Waals surface area contributed by atoms with Gasteiger partial charge in [-0.15, -0.1) is 0 Å². The molecule has 2 N–H and O–H groups in total. The summed E-state index contributed by atoms with van der Waals surface area (Å²) in [5.41, 5.74) is 3.48. The fourth-order valence-electron chi connectivity index (χ4n) is 3.14. The van der Waals surface area contributed by atoms with Crippen LogP contribution in [0, 0.1) is 0 Å². The van der Waals surface area contributed by atoms with Gasteiger partial charge in [-0.25, -0.2) is 4.98 Å². The Balaban J connectivity index is 1.50. The maximum Gasteiger partial charge on any atom is 0.219 e. The van der Waals surface area contributed by atoms with E-state index >= 15 is 0 Å². The third-order valence-corrected chi connectivity index (χ3v) is 4.67. The summed E-state index contributed by atoms with van der Waals surface area (Å²) in [6.45, 7) is 0. The Bertz CT molecular complexity index is 846. The molecule has 2 heterocycles. The summed E-state index contributed by atoms with van der Waals surface area (Å²) < 4.78 is 2.13. The van der Waals surface area contributed by atoms with Crippen LogP contribution < -0.4 is 5.32 Å². The number of amides is 1. The second-order valence-electron chi connectivity index (χ2n) is 6.53. The van der Waals surface area contributed by atoms with Crippen molar-refractivity contribution in [3.05, 3.63) is 42.5 Å². The van der Waals surface area contributed by atoms with Gasteiger partial charge in [-0.3, -0.25) is 4.79 Å². The number of carbonyl (C=O) groups is 1. The lowest BCUT2D eigenvalue weighted by molar-refractivity contribution is -0.120. The number of hydrogen-bond acceptors (Lipinski definition) is 2. The number of aromatic amines is 1. The minimum absolute atomic E-state index is 0.131. The smallest absolute Gasteiger partial charge is 0.219 e. The average Bonchev–Trinajstić information content (AvgIpc) is 3.24. The summed E-state index contributed by atoms with van der Waals surface area (Å²) >= 11 is 0. The van der Waals surface area contributed by atoms with Gasteiger partial charge in [0, 0.05) is 49.6 Å². The van der Waals surface area contributed by atoms with E-state index in [0.717, 1.165) is 43.6 Å². The molecular formula is C20H26N4O. The third kappa shape index (κ3) is 4.29. The van der Waals surface area contributed by atoms with E-state index < -0.39 is 0 Å². The Morgan fingerprint density at radius 1 is 1.20 bits per heavy atom. The van der Waals surface area contributed by atoms with Crippen molar-refractivity contribution in [1.82, 2.24) is 19.9 Å². The molecule has 3 aromatic rings. The molecule has 0 aliphatic rings. The molecule has 1 aromatic carbocycles. The zero-order valence-electron chi connectivity index (χ0n) is 15.0. The molecule has 0 aliphatic heterocycles. The van der Waals surface area contributed by atoms with E-state index in [9.17, 15) is 4.79 Å². The van der Waals surface area contributed by atoms with Gasteiger partial charge in [-0.05, 0) is 31.0 Å². The molecule has 0 unspecified atom stereocenters. The Morgan fingerprint density at radius 2 is 2.04 bits per heavy atom. The first kappa shape index (κ1) is 17.3. The SMILES string of the molecule is CNC(=O)CCCCCCc1ncc(-c2ccc3c(ccn3C)c2)[nH]1. The fraction of sp³-hybridized carbons (Fsp3) is 0.400. The van der Waals surface area contributed by atoms with E-state index in [1.807, 2.05) is 6.20 Å². The molecule has 25 heavy (non-hydrogen) atoms. The van der Waals surface area contributed by atoms with Crippen molar-refractivity contribution in [2.24, 2.45) is 7.05 Å². The molecule has 0 fully saturated rings. The van der Waals surface area contributed by atoms with Crippen LogP contribution in [-0.4, -0.2) is 27.5 Å². The highest BCUT2D eigenvalue weighted by Gasteiger charge is 2.06.